The molecule has 224 valence electrons. The van der Waals surface area contributed by atoms with Crippen molar-refractivity contribution in [1.82, 2.24) is 10.3 Å². The Morgan fingerprint density at radius 3 is 2.43 bits per heavy atom. The van der Waals surface area contributed by atoms with Gasteiger partial charge in [0.15, 0.2) is 9.84 Å². The summed E-state index contributed by atoms with van der Waals surface area (Å²) in [6.07, 6.45) is -0.969. The Hall–Kier alpha value is -4.13. The Labute approximate surface area is 241 Å². The zero-order valence-electron chi connectivity index (χ0n) is 22.7. The Kier molecular flexibility index (Phi) is 9.40. The third kappa shape index (κ3) is 8.44. The highest BCUT2D eigenvalue weighted by atomic mass is 32.2. The number of rotatable bonds is 10. The van der Waals surface area contributed by atoms with Crippen LogP contribution in [-0.4, -0.2) is 56.4 Å². The molecule has 0 saturated heterocycles. The molecule has 2 amide bonds. The minimum absolute atomic E-state index is 0.0457. The maximum absolute atomic E-state index is 13.3. The zero-order chi connectivity index (χ0) is 30.5. The largest absolute Gasteiger partial charge is 0.493 e. The summed E-state index contributed by atoms with van der Waals surface area (Å²) < 4.78 is 73.5. The normalized spacial score (nSPS) is 17.3. The molecular weight excluding hydrogens is 575 g/mol. The highest BCUT2D eigenvalue weighted by Crippen LogP contribution is 2.30. The van der Waals surface area contributed by atoms with E-state index in [1.54, 1.807) is 18.2 Å². The number of amides is 2. The quantitative estimate of drug-likeness (QED) is 0.342. The van der Waals surface area contributed by atoms with Gasteiger partial charge in [0.1, 0.15) is 17.4 Å². The van der Waals surface area contributed by atoms with Gasteiger partial charge in [-0.2, -0.15) is 13.2 Å². The van der Waals surface area contributed by atoms with Gasteiger partial charge in [0.25, 0.3) is 11.8 Å². The maximum atomic E-state index is 13.3. The van der Waals surface area contributed by atoms with Gasteiger partial charge >= 0.3 is 6.18 Å². The molecule has 42 heavy (non-hydrogen) atoms. The van der Waals surface area contributed by atoms with Crippen LogP contribution in [0.2, 0.25) is 0 Å². The van der Waals surface area contributed by atoms with E-state index in [-0.39, 0.29) is 39.8 Å². The van der Waals surface area contributed by atoms with Gasteiger partial charge < -0.3 is 20.5 Å². The van der Waals surface area contributed by atoms with Crippen molar-refractivity contribution in [3.8, 4) is 22.8 Å². The lowest BCUT2D eigenvalue weighted by atomic mass is 9.92. The van der Waals surface area contributed by atoms with E-state index in [2.05, 4.69) is 10.3 Å². The van der Waals surface area contributed by atoms with Crippen molar-refractivity contribution in [1.29, 1.82) is 0 Å². The van der Waals surface area contributed by atoms with Gasteiger partial charge in [-0.3, -0.25) is 9.59 Å². The number of hydrogen-bond donors (Lipinski definition) is 2. The Balaban J connectivity index is 1.48. The molecule has 9 nitrogen and oxygen atoms in total. The number of primary amides is 1. The van der Waals surface area contributed by atoms with Crippen LogP contribution in [0.5, 0.6) is 11.6 Å². The van der Waals surface area contributed by atoms with Crippen molar-refractivity contribution in [3.05, 3.63) is 71.9 Å². The van der Waals surface area contributed by atoms with Crippen LogP contribution in [0.15, 0.2) is 65.7 Å². The van der Waals surface area contributed by atoms with Crippen LogP contribution in [0.1, 0.15) is 52.8 Å². The molecule has 13 heteroatoms. The van der Waals surface area contributed by atoms with Crippen molar-refractivity contribution in [3.63, 3.8) is 0 Å². The fourth-order valence-corrected chi connectivity index (χ4v) is 5.26. The van der Waals surface area contributed by atoms with Gasteiger partial charge in [0.05, 0.1) is 17.9 Å². The van der Waals surface area contributed by atoms with Gasteiger partial charge in [-0.15, -0.1) is 0 Å². The van der Waals surface area contributed by atoms with E-state index in [1.807, 2.05) is 0 Å². The van der Waals surface area contributed by atoms with Gasteiger partial charge in [0.2, 0.25) is 5.88 Å². The molecular formula is C29H30F3N3O6S. The van der Waals surface area contributed by atoms with Crippen LogP contribution in [0.3, 0.4) is 0 Å². The van der Waals surface area contributed by atoms with Crippen LogP contribution >= 0.6 is 0 Å². The lowest BCUT2D eigenvalue weighted by Crippen LogP contribution is -2.39. The number of nitrogens with two attached hydrogens (primary N) is 1. The average Bonchev–Trinajstić information content (AvgIpc) is 2.93. The number of nitrogens with zero attached hydrogens (tertiary/aromatic N) is 1. The number of aromatic nitrogens is 1. The molecule has 3 aromatic rings. The summed E-state index contributed by atoms with van der Waals surface area (Å²) in [5, 5.41) is 2.96. The third-order valence-corrected chi connectivity index (χ3v) is 7.85. The Morgan fingerprint density at radius 2 is 1.76 bits per heavy atom. The molecule has 1 fully saturated rings. The molecule has 0 aliphatic heterocycles. The summed E-state index contributed by atoms with van der Waals surface area (Å²) in [7, 11) is -3.52. The second-order valence-electron chi connectivity index (χ2n) is 10.0. The summed E-state index contributed by atoms with van der Waals surface area (Å²) in [4.78, 5) is 29.1. The molecule has 0 radical (unpaired) electrons. The summed E-state index contributed by atoms with van der Waals surface area (Å²) in [5.41, 5.74) is 6.59. The Morgan fingerprint density at radius 1 is 1.02 bits per heavy atom. The van der Waals surface area contributed by atoms with E-state index in [4.69, 9.17) is 15.2 Å². The maximum Gasteiger partial charge on any atom is 0.392 e. The van der Waals surface area contributed by atoms with Crippen molar-refractivity contribution in [2.24, 2.45) is 5.73 Å². The molecule has 0 bridgehead atoms. The highest BCUT2D eigenvalue weighted by molar-refractivity contribution is 7.90. The summed E-state index contributed by atoms with van der Waals surface area (Å²) in [6.45, 7) is -0.644. The van der Waals surface area contributed by atoms with E-state index >= 15 is 0 Å². The van der Waals surface area contributed by atoms with Crippen LogP contribution in [0.4, 0.5) is 13.2 Å². The standard InChI is InChI=1S/C29H30F3N3O6S/c1-42(38,39)24-5-2-4-18(17-24)19-14-20(16-23(15-19)40-13-11-29(30,31)32)27(37)35-21-7-9-22(10-8-21)41-28-25(26(33)36)6-3-12-34-28/h2-6,12,14-17,21-22H,7-11,13H2,1H3,(H2,33,36)(H,35,37)/t21-,22-. The molecule has 0 unspecified atom stereocenters. The number of carbonyl (C=O) groups excluding carboxylic acids is 2. The van der Waals surface area contributed by atoms with E-state index in [0.29, 0.717) is 36.8 Å². The topological polar surface area (TPSA) is 138 Å². The lowest BCUT2D eigenvalue weighted by Gasteiger charge is -2.29. The lowest BCUT2D eigenvalue weighted by molar-refractivity contribution is -0.139. The molecule has 4 rings (SSSR count). The molecule has 1 aromatic heterocycles. The predicted octanol–water partition coefficient (Wildman–Crippen LogP) is 4.70. The first-order valence-corrected chi connectivity index (χ1v) is 15.0. The van der Waals surface area contributed by atoms with Crippen LogP contribution in [0, 0.1) is 0 Å². The average molecular weight is 606 g/mol. The first-order valence-electron chi connectivity index (χ1n) is 13.2. The number of nitrogens with one attached hydrogen (secondary N) is 1. The van der Waals surface area contributed by atoms with Crippen molar-refractivity contribution >= 4 is 21.7 Å². The van der Waals surface area contributed by atoms with Gasteiger partial charge in [-0.1, -0.05) is 12.1 Å². The number of benzene rings is 2. The number of hydrogen-bond acceptors (Lipinski definition) is 7. The first kappa shape index (κ1) is 30.8. The van der Waals surface area contributed by atoms with Crippen molar-refractivity contribution in [2.75, 3.05) is 12.9 Å². The number of sulfone groups is 1. The number of carbonyl (C=O) groups is 2. The summed E-state index contributed by atoms with van der Waals surface area (Å²) in [6, 6.07) is 13.3. The fraction of sp³-hybridized carbons (Fsp3) is 0.345. The highest BCUT2D eigenvalue weighted by Gasteiger charge is 2.28. The molecule has 1 heterocycles. The molecule has 0 spiro atoms. The number of pyridine rings is 1. The van der Waals surface area contributed by atoms with E-state index < -0.39 is 40.9 Å². The van der Waals surface area contributed by atoms with Crippen LogP contribution in [0.25, 0.3) is 11.1 Å². The van der Waals surface area contributed by atoms with Crippen molar-refractivity contribution < 1.29 is 40.7 Å². The predicted molar refractivity (Wildman–Crippen MR) is 148 cm³/mol. The molecule has 0 atom stereocenters. The molecule has 1 aliphatic carbocycles. The molecule has 1 saturated carbocycles. The minimum atomic E-state index is -4.41. The third-order valence-electron chi connectivity index (χ3n) is 6.74. The van der Waals surface area contributed by atoms with Crippen LogP contribution in [-0.2, 0) is 9.84 Å². The van der Waals surface area contributed by atoms with E-state index in [9.17, 15) is 31.2 Å². The summed E-state index contributed by atoms with van der Waals surface area (Å²) in [5.74, 6) is -0.898. The van der Waals surface area contributed by atoms with E-state index in [0.717, 1.165) is 6.26 Å². The van der Waals surface area contributed by atoms with Crippen molar-refractivity contribution in [2.45, 2.75) is 55.3 Å². The summed E-state index contributed by atoms with van der Waals surface area (Å²) >= 11 is 0. The Bertz CT molecular complexity index is 1550. The zero-order valence-corrected chi connectivity index (χ0v) is 23.5. The molecule has 1 aliphatic rings. The first-order chi connectivity index (χ1) is 19.8. The smallest absolute Gasteiger partial charge is 0.392 e. The molecule has 3 N–H and O–H groups in total. The SMILES string of the molecule is CS(=O)(=O)c1cccc(-c2cc(OCCC(F)(F)F)cc(C(=O)N[C@H]3CC[C@H](Oc4ncccc4C(N)=O)CC3)c2)c1. The van der Waals surface area contributed by atoms with Gasteiger partial charge in [0, 0.05) is 24.1 Å². The monoisotopic (exact) mass is 605 g/mol. The van der Waals surface area contributed by atoms with E-state index in [1.165, 1.54) is 42.6 Å². The van der Waals surface area contributed by atoms with Gasteiger partial charge in [-0.05, 0) is 79.3 Å². The second-order valence-corrected chi connectivity index (χ2v) is 12.1. The number of alkyl halides is 3. The minimum Gasteiger partial charge on any atom is -0.493 e. The second kappa shape index (κ2) is 12.8. The van der Waals surface area contributed by atoms with Crippen LogP contribution < -0.4 is 20.5 Å². The fourth-order valence-electron chi connectivity index (χ4n) is 4.59. The molecule has 2 aromatic carbocycles. The van der Waals surface area contributed by atoms with Gasteiger partial charge in [-0.25, -0.2) is 13.4 Å². The number of halogens is 3. The number of ether oxygens (including phenoxy) is 2.